The summed E-state index contributed by atoms with van der Waals surface area (Å²) in [5.41, 5.74) is -0.645. The molecular weight excluding hydrogens is 278 g/mol. The highest BCUT2D eigenvalue weighted by Crippen LogP contribution is 2.20. The molecule has 1 aromatic rings. The minimum atomic E-state index is -1.10. The predicted octanol–water partition coefficient (Wildman–Crippen LogP) is 3.45. The smallest absolute Gasteiger partial charge is 0.407 e. The second kappa shape index (κ2) is 7.45. The zero-order valence-electron chi connectivity index (χ0n) is 13.9. The molecule has 0 saturated carbocycles. The van der Waals surface area contributed by atoms with Gasteiger partial charge in [0.05, 0.1) is 11.6 Å². The molecule has 0 heterocycles. The Bertz CT molecular complexity index is 489. The Hall–Kier alpha value is -1.81. The fraction of sp³-hybridized carbons (Fsp3) is 0.500. The van der Waals surface area contributed by atoms with E-state index in [1.165, 1.54) is 0 Å². The van der Waals surface area contributed by atoms with Gasteiger partial charge in [0, 0.05) is 0 Å². The van der Waals surface area contributed by atoms with Gasteiger partial charge < -0.3 is 15.2 Å². The van der Waals surface area contributed by atoms with Crippen LogP contribution in [0.1, 0.15) is 39.7 Å². The van der Waals surface area contributed by atoms with Crippen LogP contribution in [-0.4, -0.2) is 28.4 Å². The number of carbonyl (C=O) groups is 1. The second-order valence-electron chi connectivity index (χ2n) is 6.74. The van der Waals surface area contributed by atoms with Gasteiger partial charge in [-0.15, -0.1) is 6.58 Å². The summed E-state index contributed by atoms with van der Waals surface area (Å²) >= 11 is 0. The van der Waals surface area contributed by atoms with E-state index in [1.54, 1.807) is 33.8 Å². The van der Waals surface area contributed by atoms with Crippen molar-refractivity contribution in [2.24, 2.45) is 0 Å². The van der Waals surface area contributed by atoms with Gasteiger partial charge >= 0.3 is 6.09 Å². The van der Waals surface area contributed by atoms with Crippen molar-refractivity contribution in [2.45, 2.75) is 57.8 Å². The van der Waals surface area contributed by atoms with Crippen LogP contribution in [0.2, 0.25) is 0 Å². The van der Waals surface area contributed by atoms with Crippen LogP contribution in [0.5, 0.6) is 0 Å². The third kappa shape index (κ3) is 6.31. The van der Waals surface area contributed by atoms with E-state index in [1.807, 2.05) is 30.3 Å². The summed E-state index contributed by atoms with van der Waals surface area (Å²) in [5, 5.41) is 13.4. The fourth-order valence-electron chi connectivity index (χ4n) is 2.16. The number of hydrogen-bond acceptors (Lipinski definition) is 3. The van der Waals surface area contributed by atoms with E-state index in [0.717, 1.165) is 5.56 Å². The molecule has 22 heavy (non-hydrogen) atoms. The maximum Gasteiger partial charge on any atom is 0.407 e. The number of carbonyl (C=O) groups excluding carboxylic acids is 1. The molecule has 0 aromatic heterocycles. The molecule has 4 heteroatoms. The van der Waals surface area contributed by atoms with E-state index < -0.39 is 23.3 Å². The molecule has 1 rings (SSSR count). The van der Waals surface area contributed by atoms with Crippen molar-refractivity contribution in [3.63, 3.8) is 0 Å². The van der Waals surface area contributed by atoms with Crippen molar-refractivity contribution in [1.29, 1.82) is 0 Å². The van der Waals surface area contributed by atoms with Crippen LogP contribution in [-0.2, 0) is 11.2 Å². The van der Waals surface area contributed by atoms with E-state index in [4.69, 9.17) is 4.74 Å². The Kier molecular flexibility index (Phi) is 6.18. The Morgan fingerprint density at radius 3 is 2.41 bits per heavy atom. The van der Waals surface area contributed by atoms with Gasteiger partial charge in [0.25, 0.3) is 0 Å². The SMILES string of the molecule is C=CC[C@@](C)(O)[C@@H](Cc1ccccc1)NC(=O)OC(C)(C)C. The molecule has 0 aliphatic carbocycles. The Labute approximate surface area is 133 Å². The zero-order valence-corrected chi connectivity index (χ0v) is 13.9. The first-order valence-corrected chi connectivity index (χ1v) is 7.51. The third-order valence-electron chi connectivity index (χ3n) is 3.28. The van der Waals surface area contributed by atoms with Gasteiger partial charge in [0.1, 0.15) is 5.60 Å². The molecule has 2 N–H and O–H groups in total. The maximum absolute atomic E-state index is 12.0. The van der Waals surface area contributed by atoms with E-state index in [-0.39, 0.29) is 0 Å². The highest BCUT2D eigenvalue weighted by molar-refractivity contribution is 5.68. The Morgan fingerprint density at radius 1 is 1.32 bits per heavy atom. The summed E-state index contributed by atoms with van der Waals surface area (Å²) < 4.78 is 5.29. The molecular formula is C18H27NO3. The highest BCUT2D eigenvalue weighted by atomic mass is 16.6. The fourth-order valence-corrected chi connectivity index (χ4v) is 2.16. The molecule has 0 radical (unpaired) electrons. The monoisotopic (exact) mass is 305 g/mol. The molecule has 2 atom stereocenters. The molecule has 122 valence electrons. The van der Waals surface area contributed by atoms with Gasteiger partial charge in [-0.05, 0) is 46.1 Å². The molecule has 0 aliphatic heterocycles. The first kappa shape index (κ1) is 18.2. The van der Waals surface area contributed by atoms with Crippen LogP contribution in [0.4, 0.5) is 4.79 Å². The summed E-state index contributed by atoms with van der Waals surface area (Å²) in [7, 11) is 0. The molecule has 0 aliphatic rings. The number of rotatable bonds is 6. The van der Waals surface area contributed by atoms with Crippen molar-refractivity contribution in [3.8, 4) is 0 Å². The quantitative estimate of drug-likeness (QED) is 0.791. The van der Waals surface area contributed by atoms with Gasteiger partial charge in [-0.1, -0.05) is 36.4 Å². The molecule has 1 amide bonds. The molecule has 0 fully saturated rings. The van der Waals surface area contributed by atoms with Crippen molar-refractivity contribution in [3.05, 3.63) is 48.6 Å². The Balaban J connectivity index is 2.87. The van der Waals surface area contributed by atoms with Crippen molar-refractivity contribution in [2.75, 3.05) is 0 Å². The van der Waals surface area contributed by atoms with E-state index >= 15 is 0 Å². The summed E-state index contributed by atoms with van der Waals surface area (Å²) in [5.74, 6) is 0. The predicted molar refractivity (Wildman–Crippen MR) is 88.7 cm³/mol. The summed E-state index contributed by atoms with van der Waals surface area (Å²) in [6.45, 7) is 10.8. The van der Waals surface area contributed by atoms with Crippen LogP contribution in [0.15, 0.2) is 43.0 Å². The summed E-state index contributed by atoms with van der Waals surface area (Å²) in [4.78, 5) is 12.0. The average Bonchev–Trinajstić information content (AvgIpc) is 2.37. The van der Waals surface area contributed by atoms with Crippen LogP contribution in [0.3, 0.4) is 0 Å². The highest BCUT2D eigenvalue weighted by Gasteiger charge is 2.33. The largest absolute Gasteiger partial charge is 0.444 e. The lowest BCUT2D eigenvalue weighted by atomic mass is 9.88. The number of ether oxygens (including phenoxy) is 1. The van der Waals surface area contributed by atoms with Crippen LogP contribution >= 0.6 is 0 Å². The number of alkyl carbamates (subject to hydrolysis) is 1. The van der Waals surface area contributed by atoms with Crippen molar-refractivity contribution >= 4 is 6.09 Å². The van der Waals surface area contributed by atoms with E-state index in [0.29, 0.717) is 12.8 Å². The second-order valence-corrected chi connectivity index (χ2v) is 6.74. The zero-order chi connectivity index (χ0) is 16.8. The minimum Gasteiger partial charge on any atom is -0.444 e. The molecule has 0 bridgehead atoms. The van der Waals surface area contributed by atoms with E-state index in [9.17, 15) is 9.90 Å². The van der Waals surface area contributed by atoms with Gasteiger partial charge in [0.2, 0.25) is 0 Å². The van der Waals surface area contributed by atoms with Crippen molar-refractivity contribution in [1.82, 2.24) is 5.32 Å². The number of amides is 1. The topological polar surface area (TPSA) is 58.6 Å². The van der Waals surface area contributed by atoms with Crippen molar-refractivity contribution < 1.29 is 14.6 Å². The number of hydrogen-bond donors (Lipinski definition) is 2. The molecule has 0 saturated heterocycles. The number of aliphatic hydroxyl groups is 1. The number of benzene rings is 1. The summed E-state index contributed by atoms with van der Waals surface area (Å²) in [6, 6.07) is 9.26. The van der Waals surface area contributed by atoms with Gasteiger partial charge in [-0.3, -0.25) is 0 Å². The van der Waals surface area contributed by atoms with Crippen LogP contribution < -0.4 is 5.32 Å². The average molecular weight is 305 g/mol. The summed E-state index contributed by atoms with van der Waals surface area (Å²) in [6.07, 6.45) is 2.01. The van der Waals surface area contributed by atoms with Gasteiger partial charge in [-0.2, -0.15) is 0 Å². The standard InChI is InChI=1S/C18H27NO3/c1-6-12-18(5,21)15(13-14-10-8-7-9-11-14)19-16(20)22-17(2,3)4/h6-11,15,21H,1,12-13H2,2-5H3,(H,19,20)/t15-,18-/m1/s1. The van der Waals surface area contributed by atoms with Crippen LogP contribution in [0, 0.1) is 0 Å². The normalized spacial score (nSPS) is 15.5. The Morgan fingerprint density at radius 2 is 1.91 bits per heavy atom. The van der Waals surface area contributed by atoms with Crippen LogP contribution in [0.25, 0.3) is 0 Å². The minimum absolute atomic E-state index is 0.375. The first-order valence-electron chi connectivity index (χ1n) is 7.51. The lowest BCUT2D eigenvalue weighted by Gasteiger charge is -2.33. The van der Waals surface area contributed by atoms with Gasteiger partial charge in [-0.25, -0.2) is 4.79 Å². The lowest BCUT2D eigenvalue weighted by molar-refractivity contribution is 0.00757. The van der Waals surface area contributed by atoms with E-state index in [2.05, 4.69) is 11.9 Å². The molecule has 0 unspecified atom stereocenters. The molecule has 4 nitrogen and oxygen atoms in total. The maximum atomic E-state index is 12.0. The first-order chi connectivity index (χ1) is 10.1. The lowest BCUT2D eigenvalue weighted by Crippen LogP contribution is -2.53. The van der Waals surface area contributed by atoms with Gasteiger partial charge in [0.15, 0.2) is 0 Å². The number of nitrogens with one attached hydrogen (secondary N) is 1. The molecule has 0 spiro atoms. The molecule has 1 aromatic carbocycles. The third-order valence-corrected chi connectivity index (χ3v) is 3.28.